The fraction of sp³-hybridized carbons (Fsp3) is 0.286. The Labute approximate surface area is 145 Å². The summed E-state index contributed by atoms with van der Waals surface area (Å²) in [4.78, 5) is 9.29. The number of rotatable bonds is 4. The van der Waals surface area contributed by atoms with Crippen molar-refractivity contribution in [2.45, 2.75) is 19.8 Å². The van der Waals surface area contributed by atoms with Crippen molar-refractivity contribution in [2.24, 2.45) is 0 Å². The minimum atomic E-state index is 0.689. The number of halogens is 3. The van der Waals surface area contributed by atoms with E-state index >= 15 is 0 Å². The molecule has 6 heteroatoms. The first kappa shape index (κ1) is 16.0. The lowest BCUT2D eigenvalue weighted by atomic mass is 10.2. The summed E-state index contributed by atoms with van der Waals surface area (Å²) < 4.78 is 1.98. The molecule has 0 saturated heterocycles. The maximum absolute atomic E-state index is 5.98. The van der Waals surface area contributed by atoms with E-state index in [2.05, 4.69) is 55.7 Å². The van der Waals surface area contributed by atoms with E-state index in [1.54, 1.807) is 0 Å². The minimum absolute atomic E-state index is 0.689. The maximum Gasteiger partial charge on any atom is 0.162 e. The Morgan fingerprint density at radius 2 is 2.10 bits per heavy atom. The molecule has 1 aromatic carbocycles. The molecule has 0 fully saturated rings. The Kier molecular flexibility index (Phi) is 5.63. The van der Waals surface area contributed by atoms with Gasteiger partial charge < -0.3 is 5.32 Å². The summed E-state index contributed by atoms with van der Waals surface area (Å²) in [5.74, 6) is 1.57. The van der Waals surface area contributed by atoms with E-state index in [1.165, 1.54) is 0 Å². The summed E-state index contributed by atoms with van der Waals surface area (Å²) in [6.45, 7) is 2.15. The van der Waals surface area contributed by atoms with Gasteiger partial charge >= 0.3 is 0 Å². The SMILES string of the molecule is CCCc1nc(-c2ccc(Cl)cc2Br)nc(NC)c1I. The van der Waals surface area contributed by atoms with Crippen molar-refractivity contribution >= 4 is 55.9 Å². The normalized spacial score (nSPS) is 10.7. The second kappa shape index (κ2) is 7.04. The number of nitrogens with zero attached hydrogens (tertiary/aromatic N) is 2. The monoisotopic (exact) mass is 465 g/mol. The van der Waals surface area contributed by atoms with Gasteiger partial charge in [-0.3, -0.25) is 0 Å². The molecule has 106 valence electrons. The van der Waals surface area contributed by atoms with Crippen LogP contribution in [0, 0.1) is 3.57 Å². The lowest BCUT2D eigenvalue weighted by molar-refractivity contribution is 0.868. The molecule has 1 heterocycles. The zero-order valence-corrected chi connectivity index (χ0v) is 15.7. The van der Waals surface area contributed by atoms with Gasteiger partial charge in [0.15, 0.2) is 5.82 Å². The van der Waals surface area contributed by atoms with Crippen LogP contribution >= 0.6 is 50.1 Å². The molecular formula is C14H14BrClIN3. The van der Waals surface area contributed by atoms with Gasteiger partial charge in [-0.05, 0) is 63.1 Å². The van der Waals surface area contributed by atoms with Crippen LogP contribution < -0.4 is 5.32 Å². The fourth-order valence-corrected chi connectivity index (χ4v) is 3.49. The van der Waals surface area contributed by atoms with Gasteiger partial charge in [0, 0.05) is 22.1 Å². The van der Waals surface area contributed by atoms with Gasteiger partial charge in [-0.2, -0.15) is 0 Å². The molecule has 20 heavy (non-hydrogen) atoms. The van der Waals surface area contributed by atoms with Crippen LogP contribution in [0.3, 0.4) is 0 Å². The van der Waals surface area contributed by atoms with E-state index in [9.17, 15) is 0 Å². The summed E-state index contributed by atoms with van der Waals surface area (Å²) in [7, 11) is 1.88. The van der Waals surface area contributed by atoms with Gasteiger partial charge in [0.2, 0.25) is 0 Å². The maximum atomic E-state index is 5.98. The van der Waals surface area contributed by atoms with Crippen molar-refractivity contribution in [1.82, 2.24) is 9.97 Å². The first-order valence-corrected chi connectivity index (χ1v) is 8.51. The smallest absolute Gasteiger partial charge is 0.162 e. The van der Waals surface area contributed by atoms with Crippen LogP contribution in [0.5, 0.6) is 0 Å². The van der Waals surface area contributed by atoms with E-state index in [0.29, 0.717) is 10.8 Å². The third-order valence-electron chi connectivity index (χ3n) is 2.82. The van der Waals surface area contributed by atoms with Crippen LogP contribution in [-0.4, -0.2) is 17.0 Å². The molecular weight excluding hydrogens is 452 g/mol. The number of hydrogen-bond acceptors (Lipinski definition) is 3. The van der Waals surface area contributed by atoms with E-state index in [0.717, 1.165) is 38.0 Å². The lowest BCUT2D eigenvalue weighted by Gasteiger charge is -2.11. The fourth-order valence-electron chi connectivity index (χ4n) is 1.85. The van der Waals surface area contributed by atoms with Gasteiger partial charge in [0.05, 0.1) is 9.26 Å². The first-order chi connectivity index (χ1) is 9.56. The quantitative estimate of drug-likeness (QED) is 0.633. The van der Waals surface area contributed by atoms with Crippen molar-refractivity contribution in [3.05, 3.63) is 37.0 Å². The lowest BCUT2D eigenvalue weighted by Crippen LogP contribution is -2.05. The molecule has 0 saturated carbocycles. The zero-order chi connectivity index (χ0) is 14.7. The number of aromatic nitrogens is 2. The summed E-state index contributed by atoms with van der Waals surface area (Å²) in [5, 5.41) is 3.82. The minimum Gasteiger partial charge on any atom is -0.372 e. The van der Waals surface area contributed by atoms with Crippen LogP contribution in [0.15, 0.2) is 22.7 Å². The third kappa shape index (κ3) is 3.43. The van der Waals surface area contributed by atoms with Crippen LogP contribution in [0.25, 0.3) is 11.4 Å². The average molecular weight is 467 g/mol. The number of nitrogens with one attached hydrogen (secondary N) is 1. The Morgan fingerprint density at radius 1 is 1.35 bits per heavy atom. The standard InChI is InChI=1S/C14H14BrClIN3/c1-3-4-11-12(17)14(18-2)20-13(19-11)9-6-5-8(16)7-10(9)15/h5-7H,3-4H2,1-2H3,(H,18,19,20). The van der Waals surface area contributed by atoms with Crippen molar-refractivity contribution in [2.75, 3.05) is 12.4 Å². The van der Waals surface area contributed by atoms with E-state index in [1.807, 2.05) is 25.2 Å². The van der Waals surface area contributed by atoms with Crippen molar-refractivity contribution < 1.29 is 0 Å². The van der Waals surface area contributed by atoms with Crippen LogP contribution in [0.4, 0.5) is 5.82 Å². The van der Waals surface area contributed by atoms with Gasteiger partial charge in [0.25, 0.3) is 0 Å². The van der Waals surface area contributed by atoms with Gasteiger partial charge in [-0.1, -0.05) is 24.9 Å². The average Bonchev–Trinajstić information content (AvgIpc) is 2.41. The van der Waals surface area contributed by atoms with E-state index in [-0.39, 0.29) is 0 Å². The molecule has 0 bridgehead atoms. The Hall–Kier alpha value is -0.400. The molecule has 0 aliphatic carbocycles. The third-order valence-corrected chi connectivity index (χ3v) is 4.84. The Morgan fingerprint density at radius 3 is 2.70 bits per heavy atom. The van der Waals surface area contributed by atoms with Gasteiger partial charge in [-0.15, -0.1) is 0 Å². The number of benzene rings is 1. The number of anilines is 1. The van der Waals surface area contributed by atoms with Crippen molar-refractivity contribution in [1.29, 1.82) is 0 Å². The summed E-state index contributed by atoms with van der Waals surface area (Å²) >= 11 is 11.8. The van der Waals surface area contributed by atoms with Crippen molar-refractivity contribution in [3.8, 4) is 11.4 Å². The molecule has 0 radical (unpaired) electrons. The molecule has 0 spiro atoms. The first-order valence-electron chi connectivity index (χ1n) is 6.26. The van der Waals surface area contributed by atoms with Crippen LogP contribution in [-0.2, 0) is 6.42 Å². The predicted molar refractivity (Wildman–Crippen MR) is 96.4 cm³/mol. The molecule has 0 aliphatic heterocycles. The highest BCUT2D eigenvalue weighted by molar-refractivity contribution is 14.1. The molecule has 0 amide bonds. The number of aryl methyl sites for hydroxylation is 1. The molecule has 0 atom stereocenters. The van der Waals surface area contributed by atoms with Crippen LogP contribution in [0.2, 0.25) is 5.02 Å². The summed E-state index contributed by atoms with van der Waals surface area (Å²) in [6.07, 6.45) is 1.99. The molecule has 0 aliphatic rings. The van der Waals surface area contributed by atoms with Crippen LogP contribution in [0.1, 0.15) is 19.0 Å². The summed E-state index contributed by atoms with van der Waals surface area (Å²) in [5.41, 5.74) is 2.02. The molecule has 1 aromatic heterocycles. The van der Waals surface area contributed by atoms with E-state index in [4.69, 9.17) is 16.6 Å². The second-order valence-electron chi connectivity index (χ2n) is 4.28. The Bertz CT molecular complexity index is 634. The topological polar surface area (TPSA) is 37.8 Å². The highest BCUT2D eigenvalue weighted by Crippen LogP contribution is 2.31. The van der Waals surface area contributed by atoms with Gasteiger partial charge in [0.1, 0.15) is 5.82 Å². The highest BCUT2D eigenvalue weighted by Gasteiger charge is 2.14. The number of hydrogen-bond donors (Lipinski definition) is 1. The molecule has 0 unspecified atom stereocenters. The summed E-state index contributed by atoms with van der Waals surface area (Å²) in [6, 6.07) is 5.64. The predicted octanol–water partition coefficient (Wildman–Crippen LogP) is 5.16. The van der Waals surface area contributed by atoms with Crippen molar-refractivity contribution in [3.63, 3.8) is 0 Å². The molecule has 2 aromatic rings. The molecule has 2 rings (SSSR count). The van der Waals surface area contributed by atoms with Gasteiger partial charge in [-0.25, -0.2) is 9.97 Å². The molecule has 3 nitrogen and oxygen atoms in total. The van der Waals surface area contributed by atoms with E-state index < -0.39 is 0 Å². The Balaban J connectivity index is 2.58. The largest absolute Gasteiger partial charge is 0.372 e. The zero-order valence-electron chi connectivity index (χ0n) is 11.2. The molecule has 1 N–H and O–H groups in total. The second-order valence-corrected chi connectivity index (χ2v) is 6.65. The highest BCUT2D eigenvalue weighted by atomic mass is 127.